The van der Waals surface area contributed by atoms with E-state index in [9.17, 15) is 14.4 Å². The molecule has 0 fully saturated rings. The average Bonchev–Trinajstić information content (AvgIpc) is 3.34. The highest BCUT2D eigenvalue weighted by molar-refractivity contribution is 5.71. The molecule has 0 aliphatic heterocycles. The Hall–Kier alpha value is -2.37. The van der Waals surface area contributed by atoms with Gasteiger partial charge in [0.05, 0.1) is 0 Å². The number of ether oxygens (including phenoxy) is 3. The van der Waals surface area contributed by atoms with Crippen LogP contribution < -0.4 is 0 Å². The zero-order valence-electron chi connectivity index (χ0n) is 45.6. The van der Waals surface area contributed by atoms with Crippen LogP contribution in [0.3, 0.4) is 0 Å². The van der Waals surface area contributed by atoms with Gasteiger partial charge in [-0.05, 0) is 57.8 Å². The molecule has 0 bridgehead atoms. The molecule has 1 unspecified atom stereocenters. The number of carbonyl (C=O) groups excluding carboxylic acids is 3. The van der Waals surface area contributed by atoms with Gasteiger partial charge in [0.25, 0.3) is 0 Å². The van der Waals surface area contributed by atoms with E-state index >= 15 is 0 Å². The Kier molecular flexibility index (Phi) is 55.2. The molecule has 6 heteroatoms. The molecule has 0 heterocycles. The number of hydrogen-bond donors (Lipinski definition) is 0. The predicted molar refractivity (Wildman–Crippen MR) is 293 cm³/mol. The second kappa shape index (κ2) is 57.2. The zero-order chi connectivity index (χ0) is 49.3. The van der Waals surface area contributed by atoms with Crippen molar-refractivity contribution < 1.29 is 28.6 Å². The summed E-state index contributed by atoms with van der Waals surface area (Å²) >= 11 is 0. The van der Waals surface area contributed by atoms with Gasteiger partial charge in [0.2, 0.25) is 0 Å². The Labute approximate surface area is 423 Å². The molecule has 1 atom stereocenters. The zero-order valence-corrected chi connectivity index (χ0v) is 45.6. The summed E-state index contributed by atoms with van der Waals surface area (Å²) < 4.78 is 16.9. The summed E-state index contributed by atoms with van der Waals surface area (Å²) in [4.78, 5) is 38.2. The van der Waals surface area contributed by atoms with Crippen molar-refractivity contribution in [2.24, 2.45) is 0 Å². The highest BCUT2D eigenvalue weighted by atomic mass is 16.6. The van der Waals surface area contributed by atoms with Crippen LogP contribution in [-0.4, -0.2) is 37.2 Å². The van der Waals surface area contributed by atoms with Crippen LogP contribution in [0.15, 0.2) is 36.5 Å². The first-order valence-electron chi connectivity index (χ1n) is 30.0. The van der Waals surface area contributed by atoms with Crippen LogP contribution in [-0.2, 0) is 28.6 Å². The van der Waals surface area contributed by atoms with Crippen molar-refractivity contribution >= 4 is 17.9 Å². The Morgan fingerprint density at radius 2 is 0.529 bits per heavy atom. The van der Waals surface area contributed by atoms with E-state index in [1.807, 2.05) is 0 Å². The third-order valence-electron chi connectivity index (χ3n) is 13.4. The normalized spacial score (nSPS) is 12.2. The van der Waals surface area contributed by atoms with Crippen molar-refractivity contribution in [2.45, 2.75) is 329 Å². The van der Waals surface area contributed by atoms with E-state index in [4.69, 9.17) is 14.2 Å². The lowest BCUT2D eigenvalue weighted by molar-refractivity contribution is -0.167. The lowest BCUT2D eigenvalue weighted by Crippen LogP contribution is -2.30. The third-order valence-corrected chi connectivity index (χ3v) is 13.4. The molecule has 6 nitrogen and oxygen atoms in total. The van der Waals surface area contributed by atoms with Gasteiger partial charge in [0, 0.05) is 19.3 Å². The summed E-state index contributed by atoms with van der Waals surface area (Å²) in [6, 6.07) is 0. The van der Waals surface area contributed by atoms with E-state index in [0.717, 1.165) is 77.0 Å². The van der Waals surface area contributed by atoms with E-state index in [1.54, 1.807) is 0 Å². The Balaban J connectivity index is 4.32. The molecular weight excluding hydrogens is 841 g/mol. The molecule has 0 radical (unpaired) electrons. The molecular formula is C62H114O6. The van der Waals surface area contributed by atoms with Gasteiger partial charge < -0.3 is 14.2 Å². The van der Waals surface area contributed by atoms with Crippen LogP contribution in [0.5, 0.6) is 0 Å². The minimum atomic E-state index is -0.773. The summed E-state index contributed by atoms with van der Waals surface area (Å²) in [5, 5.41) is 0. The standard InChI is InChI=1S/C62H114O6/c1-4-7-10-13-16-19-22-25-27-29-30-31-32-34-35-37-40-43-46-49-52-55-61(64)67-58-59(57-66-60(63)54-51-48-45-42-39-24-21-18-15-12-9-6-3)68-62(65)56-53-50-47-44-41-38-36-33-28-26-23-20-17-14-11-8-5-2/h22,25,29-30,32,34,59H,4-21,23-24,26-28,31,33,35-58H2,1-3H3/b25-22-,30-29-,34-32-. The van der Waals surface area contributed by atoms with Gasteiger partial charge in [-0.2, -0.15) is 0 Å². The summed E-state index contributed by atoms with van der Waals surface area (Å²) in [6.07, 6.45) is 68.5. The van der Waals surface area contributed by atoms with Gasteiger partial charge >= 0.3 is 17.9 Å². The van der Waals surface area contributed by atoms with Crippen molar-refractivity contribution in [3.05, 3.63) is 36.5 Å². The van der Waals surface area contributed by atoms with Crippen molar-refractivity contribution in [3.8, 4) is 0 Å². The van der Waals surface area contributed by atoms with E-state index in [0.29, 0.717) is 19.3 Å². The Morgan fingerprint density at radius 1 is 0.294 bits per heavy atom. The SMILES string of the molecule is CCCCCCC/C=C\C/C=C\C/C=C\CCCCCCCCC(=O)OCC(COC(=O)CCCCCCCCCCCCCC)OC(=O)CCCCCCCCCCCCCCCCCCC. The lowest BCUT2D eigenvalue weighted by Gasteiger charge is -2.18. The Morgan fingerprint density at radius 3 is 0.824 bits per heavy atom. The number of carbonyl (C=O) groups is 3. The topological polar surface area (TPSA) is 78.9 Å². The van der Waals surface area contributed by atoms with Gasteiger partial charge in [-0.25, -0.2) is 0 Å². The predicted octanol–water partition coefficient (Wildman–Crippen LogP) is 20.0. The van der Waals surface area contributed by atoms with Gasteiger partial charge in [0.15, 0.2) is 6.10 Å². The van der Waals surface area contributed by atoms with Crippen molar-refractivity contribution in [1.29, 1.82) is 0 Å². The molecule has 0 aliphatic carbocycles. The van der Waals surface area contributed by atoms with Crippen LogP contribution >= 0.6 is 0 Å². The number of hydrogen-bond acceptors (Lipinski definition) is 6. The monoisotopic (exact) mass is 955 g/mol. The molecule has 398 valence electrons. The van der Waals surface area contributed by atoms with Crippen molar-refractivity contribution in [3.63, 3.8) is 0 Å². The smallest absolute Gasteiger partial charge is 0.306 e. The first kappa shape index (κ1) is 65.6. The lowest BCUT2D eigenvalue weighted by atomic mass is 10.0. The molecule has 0 N–H and O–H groups in total. The summed E-state index contributed by atoms with van der Waals surface area (Å²) in [6.45, 7) is 6.66. The molecule has 0 saturated carbocycles. The van der Waals surface area contributed by atoms with Crippen LogP contribution in [0.4, 0.5) is 0 Å². The molecule has 0 aromatic heterocycles. The maximum absolute atomic E-state index is 12.9. The molecule has 0 rings (SSSR count). The summed E-state index contributed by atoms with van der Waals surface area (Å²) in [5.41, 5.74) is 0. The van der Waals surface area contributed by atoms with Gasteiger partial charge in [-0.1, -0.05) is 282 Å². The van der Waals surface area contributed by atoms with Crippen LogP contribution in [0.1, 0.15) is 323 Å². The van der Waals surface area contributed by atoms with Gasteiger partial charge in [-0.3, -0.25) is 14.4 Å². The average molecular weight is 956 g/mol. The maximum Gasteiger partial charge on any atom is 0.306 e. The summed E-state index contributed by atoms with van der Waals surface area (Å²) in [5.74, 6) is -0.864. The Bertz CT molecular complexity index is 1140. The first-order chi connectivity index (χ1) is 33.5. The highest BCUT2D eigenvalue weighted by Crippen LogP contribution is 2.17. The third kappa shape index (κ3) is 54.6. The molecule has 0 spiro atoms. The van der Waals surface area contributed by atoms with E-state index in [2.05, 4.69) is 57.2 Å². The van der Waals surface area contributed by atoms with Crippen LogP contribution in [0, 0.1) is 0 Å². The summed E-state index contributed by atoms with van der Waals surface area (Å²) in [7, 11) is 0. The second-order valence-electron chi connectivity index (χ2n) is 20.3. The number of esters is 3. The molecule has 0 aromatic carbocycles. The van der Waals surface area contributed by atoms with Crippen molar-refractivity contribution in [2.75, 3.05) is 13.2 Å². The quantitative estimate of drug-likeness (QED) is 0.0262. The number of unbranched alkanes of at least 4 members (excludes halogenated alkanes) is 38. The minimum absolute atomic E-state index is 0.0714. The van der Waals surface area contributed by atoms with Crippen LogP contribution in [0.2, 0.25) is 0 Å². The molecule has 0 aliphatic rings. The molecule has 0 saturated heterocycles. The highest BCUT2D eigenvalue weighted by Gasteiger charge is 2.19. The fourth-order valence-corrected chi connectivity index (χ4v) is 8.86. The fraction of sp³-hybridized carbons (Fsp3) is 0.855. The first-order valence-corrected chi connectivity index (χ1v) is 30.0. The largest absolute Gasteiger partial charge is 0.462 e. The number of allylic oxidation sites excluding steroid dienone is 6. The van der Waals surface area contributed by atoms with E-state index in [1.165, 1.54) is 205 Å². The minimum Gasteiger partial charge on any atom is -0.462 e. The molecule has 0 aromatic rings. The van der Waals surface area contributed by atoms with Crippen molar-refractivity contribution in [1.82, 2.24) is 0 Å². The molecule has 0 amide bonds. The fourth-order valence-electron chi connectivity index (χ4n) is 8.86. The van der Waals surface area contributed by atoms with E-state index in [-0.39, 0.29) is 31.1 Å². The second-order valence-corrected chi connectivity index (χ2v) is 20.3. The maximum atomic E-state index is 12.9. The molecule has 68 heavy (non-hydrogen) atoms. The van der Waals surface area contributed by atoms with E-state index < -0.39 is 6.10 Å². The van der Waals surface area contributed by atoms with Gasteiger partial charge in [0.1, 0.15) is 13.2 Å². The number of rotatable bonds is 55. The van der Waals surface area contributed by atoms with Crippen LogP contribution in [0.25, 0.3) is 0 Å². The van der Waals surface area contributed by atoms with Gasteiger partial charge in [-0.15, -0.1) is 0 Å².